The predicted octanol–water partition coefficient (Wildman–Crippen LogP) is 6.78. The van der Waals surface area contributed by atoms with Gasteiger partial charge in [-0.2, -0.15) is 0 Å². The molecular weight excluding hydrogens is 543 g/mol. The second kappa shape index (κ2) is 11.6. The summed E-state index contributed by atoms with van der Waals surface area (Å²) in [5.74, 6) is 2.47. The molecule has 0 aromatic heterocycles. The van der Waals surface area contributed by atoms with Gasteiger partial charge < -0.3 is 14.2 Å². The van der Waals surface area contributed by atoms with E-state index in [1.54, 1.807) is 31.2 Å². The molecule has 184 valence electrons. The molecule has 3 aliphatic carbocycles. The van der Waals surface area contributed by atoms with E-state index in [0.29, 0.717) is 41.8 Å². The van der Waals surface area contributed by atoms with Crippen LogP contribution >= 0.6 is 22.6 Å². The number of benzene rings is 2. The Hall–Kier alpha value is -2.09. The smallest absolute Gasteiger partial charge is 0.338 e. The molecule has 3 aliphatic rings. The standard InChI is InChI=1S/C19H26O3.C9H9IO2/c1-5-21-18(20)13-6-8-15(9-7-13)22-17-11-14-10-16(12(17)2)19(14,3)4;1-2-12-9(11)7-3-5-8(10)6-4-7/h6-9,12,14,16-17H,5,10-11H2,1-4H3;3-6H,2H2,1H3/t12-,14+,16-,17-;/m1./s1. The van der Waals surface area contributed by atoms with Crippen molar-refractivity contribution >= 4 is 34.5 Å². The quantitative estimate of drug-likeness (QED) is 0.279. The predicted molar refractivity (Wildman–Crippen MR) is 141 cm³/mol. The maximum atomic E-state index is 11.7. The van der Waals surface area contributed by atoms with E-state index in [2.05, 4.69) is 43.4 Å². The van der Waals surface area contributed by atoms with Crippen molar-refractivity contribution < 1.29 is 23.8 Å². The van der Waals surface area contributed by atoms with Crippen LogP contribution in [-0.4, -0.2) is 31.3 Å². The third-order valence-corrected chi connectivity index (χ3v) is 8.01. The summed E-state index contributed by atoms with van der Waals surface area (Å²) in [6.07, 6.45) is 2.80. The van der Waals surface area contributed by atoms with E-state index in [9.17, 15) is 9.59 Å². The number of hydrogen-bond donors (Lipinski definition) is 0. The van der Waals surface area contributed by atoms with Crippen LogP contribution in [0.5, 0.6) is 5.75 Å². The molecule has 2 aromatic carbocycles. The second-order valence-corrected chi connectivity index (χ2v) is 10.8. The highest BCUT2D eigenvalue weighted by Gasteiger charge is 2.56. The Labute approximate surface area is 216 Å². The van der Waals surface area contributed by atoms with E-state index >= 15 is 0 Å². The van der Waals surface area contributed by atoms with Gasteiger partial charge in [-0.05, 0) is 121 Å². The molecule has 34 heavy (non-hydrogen) atoms. The molecule has 4 atom stereocenters. The van der Waals surface area contributed by atoms with Gasteiger partial charge >= 0.3 is 11.9 Å². The van der Waals surface area contributed by atoms with Gasteiger partial charge in [-0.15, -0.1) is 0 Å². The molecule has 2 bridgehead atoms. The number of fused-ring (bicyclic) bond motifs is 2. The zero-order valence-electron chi connectivity index (χ0n) is 20.7. The first kappa shape index (κ1) is 26.5. The zero-order chi connectivity index (χ0) is 24.9. The van der Waals surface area contributed by atoms with Gasteiger partial charge in [0, 0.05) is 3.57 Å². The van der Waals surface area contributed by atoms with Gasteiger partial charge in [0.2, 0.25) is 0 Å². The van der Waals surface area contributed by atoms with E-state index in [-0.39, 0.29) is 11.9 Å². The Morgan fingerprint density at radius 1 is 0.882 bits per heavy atom. The fourth-order valence-corrected chi connectivity index (χ4v) is 5.48. The number of hydrogen-bond acceptors (Lipinski definition) is 5. The van der Waals surface area contributed by atoms with Crippen LogP contribution < -0.4 is 4.74 Å². The summed E-state index contributed by atoms with van der Waals surface area (Å²) in [6.45, 7) is 11.5. The third-order valence-electron chi connectivity index (χ3n) is 7.29. The Kier molecular flexibility index (Phi) is 9.01. The molecule has 0 unspecified atom stereocenters. The average Bonchev–Trinajstić information content (AvgIpc) is 2.81. The molecule has 3 fully saturated rings. The molecule has 2 aromatic rings. The first-order chi connectivity index (χ1) is 16.2. The van der Waals surface area contributed by atoms with Crippen molar-refractivity contribution in [1.29, 1.82) is 0 Å². The maximum absolute atomic E-state index is 11.7. The molecule has 0 saturated heterocycles. The average molecular weight is 578 g/mol. The van der Waals surface area contributed by atoms with E-state index in [1.807, 2.05) is 31.2 Å². The van der Waals surface area contributed by atoms with Crippen LogP contribution in [0.15, 0.2) is 48.5 Å². The summed E-state index contributed by atoms with van der Waals surface area (Å²) in [7, 11) is 0. The highest BCUT2D eigenvalue weighted by molar-refractivity contribution is 14.1. The van der Waals surface area contributed by atoms with Crippen LogP contribution in [0.25, 0.3) is 0 Å². The van der Waals surface area contributed by atoms with Crippen molar-refractivity contribution in [2.75, 3.05) is 13.2 Å². The van der Waals surface area contributed by atoms with E-state index in [4.69, 9.17) is 14.2 Å². The van der Waals surface area contributed by atoms with Gasteiger partial charge in [0.1, 0.15) is 11.9 Å². The van der Waals surface area contributed by atoms with Crippen LogP contribution in [-0.2, 0) is 9.47 Å². The molecule has 0 heterocycles. The molecule has 0 aliphatic heterocycles. The highest BCUT2D eigenvalue weighted by atomic mass is 127. The lowest BCUT2D eigenvalue weighted by Gasteiger charge is -2.61. The van der Waals surface area contributed by atoms with Crippen molar-refractivity contribution in [1.82, 2.24) is 0 Å². The van der Waals surface area contributed by atoms with Gasteiger partial charge in [0.15, 0.2) is 0 Å². The Balaban J connectivity index is 0.000000229. The minimum absolute atomic E-state index is 0.256. The largest absolute Gasteiger partial charge is 0.490 e. The molecule has 5 rings (SSSR count). The summed E-state index contributed by atoms with van der Waals surface area (Å²) in [5, 5.41) is 0. The van der Waals surface area contributed by atoms with Crippen LogP contribution in [0.1, 0.15) is 68.2 Å². The lowest BCUT2D eigenvalue weighted by atomic mass is 9.45. The third kappa shape index (κ3) is 6.12. The molecule has 3 saturated carbocycles. The SMILES string of the molecule is CCOC(=O)c1ccc(I)cc1.CCOC(=O)c1ccc(O[C@@H]2C[C@@H]3C[C@H]([C@H]2C)C3(C)C)cc1. The van der Waals surface area contributed by atoms with E-state index in [1.165, 1.54) is 6.42 Å². The van der Waals surface area contributed by atoms with E-state index < -0.39 is 0 Å². The van der Waals surface area contributed by atoms with Gasteiger partial charge in [-0.25, -0.2) is 9.59 Å². The fourth-order valence-electron chi connectivity index (χ4n) is 5.12. The van der Waals surface area contributed by atoms with Crippen LogP contribution in [0, 0.1) is 26.7 Å². The monoisotopic (exact) mass is 578 g/mol. The summed E-state index contributed by atoms with van der Waals surface area (Å²) in [4.78, 5) is 22.8. The van der Waals surface area contributed by atoms with Gasteiger partial charge in [0.25, 0.3) is 0 Å². The second-order valence-electron chi connectivity index (χ2n) is 9.58. The zero-order valence-corrected chi connectivity index (χ0v) is 22.8. The Morgan fingerprint density at radius 2 is 1.38 bits per heavy atom. The highest BCUT2D eigenvalue weighted by Crippen LogP contribution is 2.61. The number of ether oxygens (including phenoxy) is 3. The van der Waals surface area contributed by atoms with Crippen LogP contribution in [0.4, 0.5) is 0 Å². The van der Waals surface area contributed by atoms with Crippen LogP contribution in [0.2, 0.25) is 0 Å². The minimum atomic E-state index is -0.275. The maximum Gasteiger partial charge on any atom is 0.338 e. The molecular formula is C28H35IO5. The topological polar surface area (TPSA) is 61.8 Å². The first-order valence-electron chi connectivity index (χ1n) is 12.0. The molecule has 0 N–H and O–H groups in total. The van der Waals surface area contributed by atoms with Gasteiger partial charge in [-0.1, -0.05) is 20.8 Å². The van der Waals surface area contributed by atoms with Crippen molar-refractivity contribution in [3.63, 3.8) is 0 Å². The lowest BCUT2D eigenvalue weighted by molar-refractivity contribution is -0.147. The van der Waals surface area contributed by atoms with Crippen LogP contribution in [0.3, 0.4) is 0 Å². The molecule has 0 radical (unpaired) electrons. The van der Waals surface area contributed by atoms with Crippen molar-refractivity contribution in [3.05, 3.63) is 63.2 Å². The number of rotatable bonds is 6. The summed E-state index contributed by atoms with van der Waals surface area (Å²) < 4.78 is 17.1. The van der Waals surface area contributed by atoms with Gasteiger partial charge in [0.05, 0.1) is 24.3 Å². The Bertz CT molecular complexity index is 967. The molecule has 0 amide bonds. The molecule has 0 spiro atoms. The molecule has 6 heteroatoms. The van der Waals surface area contributed by atoms with Gasteiger partial charge in [-0.3, -0.25) is 0 Å². The first-order valence-corrected chi connectivity index (χ1v) is 13.1. The summed E-state index contributed by atoms with van der Waals surface area (Å²) in [6, 6.07) is 14.6. The number of halogens is 1. The van der Waals surface area contributed by atoms with E-state index in [0.717, 1.165) is 27.6 Å². The Morgan fingerprint density at radius 3 is 1.82 bits per heavy atom. The number of esters is 2. The number of carbonyl (C=O) groups excluding carboxylic acids is 2. The lowest BCUT2D eigenvalue weighted by Crippen LogP contribution is -2.57. The minimum Gasteiger partial charge on any atom is -0.490 e. The van der Waals surface area contributed by atoms with Crippen molar-refractivity contribution in [3.8, 4) is 5.75 Å². The summed E-state index contributed by atoms with van der Waals surface area (Å²) in [5.41, 5.74) is 1.67. The normalized spacial score (nSPS) is 24.1. The summed E-state index contributed by atoms with van der Waals surface area (Å²) >= 11 is 2.19. The molecule has 5 nitrogen and oxygen atoms in total. The van der Waals surface area contributed by atoms with Crippen molar-refractivity contribution in [2.45, 2.75) is 53.6 Å². The number of carbonyl (C=O) groups is 2. The fraction of sp³-hybridized carbons (Fsp3) is 0.500. The van der Waals surface area contributed by atoms with Crippen molar-refractivity contribution in [2.24, 2.45) is 23.2 Å².